The summed E-state index contributed by atoms with van der Waals surface area (Å²) in [5.74, 6) is -0.242. The van der Waals surface area contributed by atoms with E-state index in [4.69, 9.17) is 5.73 Å². The Morgan fingerprint density at radius 1 is 1.46 bits per heavy atom. The maximum atomic E-state index is 13.2. The van der Waals surface area contributed by atoms with Gasteiger partial charge in [-0.05, 0) is 26.0 Å². The minimum atomic E-state index is -0.242. The Hall–Kier alpha value is -1.09. The maximum Gasteiger partial charge on any atom is 0.129 e. The van der Waals surface area contributed by atoms with E-state index in [0.717, 1.165) is 5.69 Å². The molecule has 1 rings (SSSR count). The molecule has 0 aliphatic carbocycles. The van der Waals surface area contributed by atoms with Gasteiger partial charge >= 0.3 is 0 Å². The van der Waals surface area contributed by atoms with Crippen LogP contribution in [0.2, 0.25) is 0 Å². The van der Waals surface area contributed by atoms with E-state index in [2.05, 4.69) is 5.32 Å². The van der Waals surface area contributed by atoms with Gasteiger partial charge < -0.3 is 11.1 Å². The number of hydrogen-bond donors (Lipinski definition) is 2. The van der Waals surface area contributed by atoms with Gasteiger partial charge in [0.15, 0.2) is 0 Å². The Kier molecular flexibility index (Phi) is 3.25. The molecule has 0 unspecified atom stereocenters. The largest absolute Gasteiger partial charge is 0.383 e. The predicted octanol–water partition coefficient (Wildman–Crippen LogP) is 2.10. The van der Waals surface area contributed by atoms with Crippen molar-refractivity contribution in [2.45, 2.75) is 26.4 Å². The molecule has 0 radical (unpaired) electrons. The number of benzene rings is 1. The highest BCUT2D eigenvalue weighted by Gasteiger charge is 2.01. The lowest BCUT2D eigenvalue weighted by Gasteiger charge is -2.10. The van der Waals surface area contributed by atoms with E-state index in [1.165, 1.54) is 6.07 Å². The molecule has 72 valence electrons. The van der Waals surface area contributed by atoms with Crippen LogP contribution in [0.3, 0.4) is 0 Å². The third kappa shape index (κ3) is 2.70. The zero-order valence-corrected chi connectivity index (χ0v) is 7.97. The van der Waals surface area contributed by atoms with Crippen molar-refractivity contribution in [3.8, 4) is 0 Å². The Bertz CT molecular complexity index is 284. The van der Waals surface area contributed by atoms with Gasteiger partial charge in [0.25, 0.3) is 0 Å². The van der Waals surface area contributed by atoms with Crippen LogP contribution in [0.1, 0.15) is 19.4 Å². The molecule has 1 aromatic rings. The summed E-state index contributed by atoms with van der Waals surface area (Å²) in [6.07, 6.45) is 0. The monoisotopic (exact) mass is 182 g/mol. The fourth-order valence-corrected chi connectivity index (χ4v) is 1.14. The zero-order chi connectivity index (χ0) is 9.84. The summed E-state index contributed by atoms with van der Waals surface area (Å²) in [5.41, 5.74) is 6.69. The van der Waals surface area contributed by atoms with Crippen molar-refractivity contribution in [1.29, 1.82) is 0 Å². The zero-order valence-electron chi connectivity index (χ0n) is 7.97. The molecule has 0 saturated carbocycles. The first-order chi connectivity index (χ1) is 6.13. The van der Waals surface area contributed by atoms with E-state index in [0.29, 0.717) is 11.6 Å². The summed E-state index contributed by atoms with van der Waals surface area (Å²) < 4.78 is 13.2. The Labute approximate surface area is 77.9 Å². The van der Waals surface area contributed by atoms with Gasteiger partial charge in [-0.3, -0.25) is 0 Å². The highest BCUT2D eigenvalue weighted by molar-refractivity contribution is 5.45. The molecule has 0 fully saturated rings. The molecular formula is C10H15FN2. The van der Waals surface area contributed by atoms with E-state index in [1.54, 1.807) is 6.07 Å². The number of nitrogens with one attached hydrogen (secondary N) is 1. The van der Waals surface area contributed by atoms with Crippen molar-refractivity contribution in [3.05, 3.63) is 29.6 Å². The fraction of sp³-hybridized carbons (Fsp3) is 0.400. The summed E-state index contributed by atoms with van der Waals surface area (Å²) in [6, 6.07) is 5.33. The summed E-state index contributed by atoms with van der Waals surface area (Å²) in [4.78, 5) is 0. The second-order valence-electron chi connectivity index (χ2n) is 3.31. The van der Waals surface area contributed by atoms with Gasteiger partial charge in [0.2, 0.25) is 0 Å². The van der Waals surface area contributed by atoms with Crippen molar-refractivity contribution < 1.29 is 4.39 Å². The molecule has 13 heavy (non-hydrogen) atoms. The van der Waals surface area contributed by atoms with Crippen LogP contribution in [0.15, 0.2) is 18.2 Å². The van der Waals surface area contributed by atoms with Crippen LogP contribution >= 0.6 is 0 Å². The smallest absolute Gasteiger partial charge is 0.129 e. The maximum absolute atomic E-state index is 13.2. The molecule has 3 heteroatoms. The molecule has 0 amide bonds. The standard InChI is InChI=1S/C10H15FN2/c1-7(2)13-9-4-3-8(6-12)10(11)5-9/h3-5,7,13H,6,12H2,1-2H3. The predicted molar refractivity (Wildman–Crippen MR) is 53.1 cm³/mol. The summed E-state index contributed by atoms with van der Waals surface area (Å²) >= 11 is 0. The normalized spacial score (nSPS) is 10.5. The lowest BCUT2D eigenvalue weighted by Crippen LogP contribution is -2.10. The number of nitrogens with two attached hydrogens (primary N) is 1. The number of rotatable bonds is 3. The molecule has 3 N–H and O–H groups in total. The van der Waals surface area contributed by atoms with Crippen molar-refractivity contribution in [2.24, 2.45) is 5.73 Å². The first-order valence-electron chi connectivity index (χ1n) is 4.38. The third-order valence-electron chi connectivity index (χ3n) is 1.73. The average Bonchev–Trinajstić information content (AvgIpc) is 2.03. The molecule has 0 saturated heterocycles. The Balaban J connectivity index is 2.83. The summed E-state index contributed by atoms with van der Waals surface area (Å²) in [7, 11) is 0. The molecule has 0 aliphatic heterocycles. The third-order valence-corrected chi connectivity index (χ3v) is 1.73. The lowest BCUT2D eigenvalue weighted by molar-refractivity contribution is 0.611. The quantitative estimate of drug-likeness (QED) is 0.751. The Morgan fingerprint density at radius 2 is 2.15 bits per heavy atom. The minimum Gasteiger partial charge on any atom is -0.383 e. The molecule has 0 spiro atoms. The number of anilines is 1. The molecule has 0 heterocycles. The van der Waals surface area contributed by atoms with Crippen molar-refractivity contribution in [1.82, 2.24) is 0 Å². The first-order valence-corrected chi connectivity index (χ1v) is 4.38. The lowest BCUT2D eigenvalue weighted by atomic mass is 10.2. The molecule has 1 aromatic carbocycles. The van der Waals surface area contributed by atoms with E-state index >= 15 is 0 Å². The Morgan fingerprint density at radius 3 is 2.62 bits per heavy atom. The summed E-state index contributed by atoms with van der Waals surface area (Å²) in [6.45, 7) is 4.26. The molecule has 0 atom stereocenters. The second kappa shape index (κ2) is 4.23. The topological polar surface area (TPSA) is 38.0 Å². The van der Waals surface area contributed by atoms with Gasteiger partial charge in [-0.1, -0.05) is 6.07 Å². The first kappa shape index (κ1) is 9.99. The van der Waals surface area contributed by atoms with Gasteiger partial charge in [0.1, 0.15) is 5.82 Å². The number of halogens is 1. The van der Waals surface area contributed by atoms with Crippen LogP contribution < -0.4 is 11.1 Å². The van der Waals surface area contributed by atoms with Crippen LogP contribution in [0.5, 0.6) is 0 Å². The highest BCUT2D eigenvalue weighted by Crippen LogP contribution is 2.14. The van der Waals surface area contributed by atoms with Gasteiger partial charge in [0, 0.05) is 23.8 Å². The van der Waals surface area contributed by atoms with Crippen LogP contribution in [-0.4, -0.2) is 6.04 Å². The SMILES string of the molecule is CC(C)Nc1ccc(CN)c(F)c1. The fourth-order valence-electron chi connectivity index (χ4n) is 1.14. The van der Waals surface area contributed by atoms with Crippen LogP contribution in [0, 0.1) is 5.82 Å². The molecule has 0 aromatic heterocycles. The average molecular weight is 182 g/mol. The van der Waals surface area contributed by atoms with Gasteiger partial charge in [0.05, 0.1) is 0 Å². The second-order valence-corrected chi connectivity index (χ2v) is 3.31. The van der Waals surface area contributed by atoms with Crippen molar-refractivity contribution in [2.75, 3.05) is 5.32 Å². The van der Waals surface area contributed by atoms with Crippen molar-refractivity contribution >= 4 is 5.69 Å². The minimum absolute atomic E-state index is 0.242. The molecular weight excluding hydrogens is 167 g/mol. The molecule has 2 nitrogen and oxygen atoms in total. The summed E-state index contributed by atoms with van der Waals surface area (Å²) in [5, 5.41) is 3.12. The molecule has 0 bridgehead atoms. The van der Waals surface area contributed by atoms with Gasteiger partial charge in [-0.15, -0.1) is 0 Å². The van der Waals surface area contributed by atoms with E-state index < -0.39 is 0 Å². The van der Waals surface area contributed by atoms with Crippen LogP contribution in [-0.2, 0) is 6.54 Å². The van der Waals surface area contributed by atoms with Gasteiger partial charge in [-0.2, -0.15) is 0 Å². The van der Waals surface area contributed by atoms with E-state index in [1.807, 2.05) is 19.9 Å². The number of hydrogen-bond acceptors (Lipinski definition) is 2. The van der Waals surface area contributed by atoms with Gasteiger partial charge in [-0.25, -0.2) is 4.39 Å². The van der Waals surface area contributed by atoms with E-state index in [9.17, 15) is 4.39 Å². The molecule has 0 aliphatic rings. The van der Waals surface area contributed by atoms with Crippen LogP contribution in [0.25, 0.3) is 0 Å². The van der Waals surface area contributed by atoms with Crippen LogP contribution in [0.4, 0.5) is 10.1 Å². The van der Waals surface area contributed by atoms with Crippen molar-refractivity contribution in [3.63, 3.8) is 0 Å². The van der Waals surface area contributed by atoms with E-state index in [-0.39, 0.29) is 12.4 Å². The highest BCUT2D eigenvalue weighted by atomic mass is 19.1.